The minimum Gasteiger partial charge on any atom is -0.388 e. The highest BCUT2D eigenvalue weighted by Crippen LogP contribution is 2.27. The first-order valence-electron chi connectivity index (χ1n) is 6.75. The number of aliphatic hydroxyl groups excluding tert-OH is 1. The summed E-state index contributed by atoms with van der Waals surface area (Å²) in [6, 6.07) is 12.1. The van der Waals surface area contributed by atoms with E-state index in [4.69, 9.17) is 11.6 Å². The van der Waals surface area contributed by atoms with Crippen molar-refractivity contribution in [2.24, 2.45) is 0 Å². The molecule has 1 N–H and O–H groups in total. The highest BCUT2D eigenvalue weighted by molar-refractivity contribution is 7.10. The summed E-state index contributed by atoms with van der Waals surface area (Å²) in [5.41, 5.74) is 0.811. The Labute approximate surface area is 129 Å². The highest BCUT2D eigenvalue weighted by atomic mass is 35.5. The van der Waals surface area contributed by atoms with Crippen molar-refractivity contribution in [2.75, 3.05) is 13.6 Å². The minimum absolute atomic E-state index is 0.369. The Bertz CT molecular complexity index is 529. The molecule has 2 atom stereocenters. The second kappa shape index (κ2) is 7.23. The largest absolute Gasteiger partial charge is 0.388 e. The van der Waals surface area contributed by atoms with Crippen LogP contribution in [0.15, 0.2) is 41.8 Å². The Morgan fingerprint density at radius 3 is 2.65 bits per heavy atom. The van der Waals surface area contributed by atoms with E-state index in [1.807, 2.05) is 24.3 Å². The van der Waals surface area contributed by atoms with E-state index >= 15 is 0 Å². The molecule has 0 amide bonds. The molecule has 1 aromatic carbocycles. The average molecular weight is 310 g/mol. The maximum Gasteiger partial charge on any atom is 0.0816 e. The van der Waals surface area contributed by atoms with Crippen LogP contribution in [0.1, 0.15) is 35.9 Å². The van der Waals surface area contributed by atoms with Gasteiger partial charge in [-0.1, -0.05) is 35.9 Å². The van der Waals surface area contributed by atoms with E-state index in [0.717, 1.165) is 12.1 Å². The number of rotatable bonds is 6. The third-order valence-electron chi connectivity index (χ3n) is 3.64. The van der Waals surface area contributed by atoms with Gasteiger partial charge in [0, 0.05) is 22.5 Å². The number of nitrogens with zero attached hydrogens (tertiary/aromatic N) is 1. The number of aliphatic hydroxyl groups is 1. The minimum atomic E-state index is -0.512. The van der Waals surface area contributed by atoms with Gasteiger partial charge in [0.1, 0.15) is 0 Å². The summed E-state index contributed by atoms with van der Waals surface area (Å²) in [6.45, 7) is 3.01. The molecule has 0 bridgehead atoms. The van der Waals surface area contributed by atoms with Crippen molar-refractivity contribution in [3.05, 3.63) is 57.2 Å². The Hall–Kier alpha value is -0.870. The molecule has 2 unspecified atom stereocenters. The summed E-state index contributed by atoms with van der Waals surface area (Å²) >= 11 is 7.87. The molecular weight excluding hydrogens is 290 g/mol. The SMILES string of the molecule is CC(c1cccs1)N(C)CCC(O)c1ccccc1Cl. The summed E-state index contributed by atoms with van der Waals surface area (Å²) in [5, 5.41) is 13.0. The van der Waals surface area contributed by atoms with Crippen LogP contribution in [0.25, 0.3) is 0 Å². The van der Waals surface area contributed by atoms with Crippen molar-refractivity contribution in [1.29, 1.82) is 0 Å². The van der Waals surface area contributed by atoms with Crippen molar-refractivity contribution in [3.8, 4) is 0 Å². The molecule has 4 heteroatoms. The second-order valence-corrected chi connectivity index (χ2v) is 6.38. The van der Waals surface area contributed by atoms with Gasteiger partial charge in [0.2, 0.25) is 0 Å². The number of benzene rings is 1. The number of thiophene rings is 1. The lowest BCUT2D eigenvalue weighted by atomic mass is 10.1. The summed E-state index contributed by atoms with van der Waals surface area (Å²) in [4.78, 5) is 3.60. The van der Waals surface area contributed by atoms with Crippen LogP contribution in [0.2, 0.25) is 5.02 Å². The normalized spacial score (nSPS) is 14.4. The molecule has 20 heavy (non-hydrogen) atoms. The van der Waals surface area contributed by atoms with Gasteiger partial charge >= 0.3 is 0 Å². The standard InChI is InChI=1S/C16H20ClNOS/c1-12(16-8-5-11-20-16)18(2)10-9-15(19)13-6-3-4-7-14(13)17/h3-8,11-12,15,19H,9-10H2,1-2H3. The van der Waals surface area contributed by atoms with E-state index in [2.05, 4.69) is 36.4 Å². The molecule has 0 radical (unpaired) electrons. The predicted molar refractivity (Wildman–Crippen MR) is 86.4 cm³/mol. The molecule has 0 aliphatic rings. The van der Waals surface area contributed by atoms with E-state index in [0.29, 0.717) is 17.5 Å². The van der Waals surface area contributed by atoms with Gasteiger partial charge in [-0.05, 0) is 43.5 Å². The Morgan fingerprint density at radius 2 is 2.00 bits per heavy atom. The predicted octanol–water partition coefficient (Wildman–Crippen LogP) is 4.52. The molecule has 0 fully saturated rings. The number of hydrogen-bond donors (Lipinski definition) is 1. The van der Waals surface area contributed by atoms with Crippen molar-refractivity contribution in [1.82, 2.24) is 4.90 Å². The Morgan fingerprint density at radius 1 is 1.25 bits per heavy atom. The van der Waals surface area contributed by atoms with E-state index in [-0.39, 0.29) is 0 Å². The maximum absolute atomic E-state index is 10.3. The fourth-order valence-electron chi connectivity index (χ4n) is 2.17. The molecule has 0 saturated carbocycles. The van der Waals surface area contributed by atoms with Crippen molar-refractivity contribution in [3.63, 3.8) is 0 Å². The molecular formula is C16H20ClNOS. The van der Waals surface area contributed by atoms with Crippen LogP contribution in [-0.2, 0) is 0 Å². The van der Waals surface area contributed by atoms with Crippen LogP contribution >= 0.6 is 22.9 Å². The summed E-state index contributed by atoms with van der Waals surface area (Å²) in [6.07, 6.45) is 0.164. The molecule has 2 nitrogen and oxygen atoms in total. The van der Waals surface area contributed by atoms with Crippen molar-refractivity contribution in [2.45, 2.75) is 25.5 Å². The van der Waals surface area contributed by atoms with Gasteiger partial charge in [0.25, 0.3) is 0 Å². The van der Waals surface area contributed by atoms with Crippen LogP contribution < -0.4 is 0 Å². The highest BCUT2D eigenvalue weighted by Gasteiger charge is 2.16. The van der Waals surface area contributed by atoms with Crippen LogP contribution in [0, 0.1) is 0 Å². The Balaban J connectivity index is 1.90. The van der Waals surface area contributed by atoms with E-state index < -0.39 is 6.10 Å². The van der Waals surface area contributed by atoms with Crippen LogP contribution in [0.3, 0.4) is 0 Å². The van der Waals surface area contributed by atoms with Crippen molar-refractivity contribution >= 4 is 22.9 Å². The zero-order chi connectivity index (χ0) is 14.5. The molecule has 108 valence electrons. The molecule has 2 aromatic rings. The van der Waals surface area contributed by atoms with E-state index in [1.54, 1.807) is 11.3 Å². The van der Waals surface area contributed by atoms with Gasteiger partial charge in [-0.25, -0.2) is 0 Å². The zero-order valence-corrected chi connectivity index (χ0v) is 13.4. The third-order valence-corrected chi connectivity index (χ3v) is 5.02. The topological polar surface area (TPSA) is 23.5 Å². The summed E-state index contributed by atoms with van der Waals surface area (Å²) in [5.74, 6) is 0. The van der Waals surface area contributed by atoms with Gasteiger partial charge in [0.15, 0.2) is 0 Å². The summed E-state index contributed by atoms with van der Waals surface area (Å²) in [7, 11) is 2.09. The molecule has 1 heterocycles. The average Bonchev–Trinajstić information content (AvgIpc) is 2.98. The number of halogens is 1. The third kappa shape index (κ3) is 3.83. The first-order chi connectivity index (χ1) is 9.59. The quantitative estimate of drug-likeness (QED) is 0.848. The smallest absolute Gasteiger partial charge is 0.0816 e. The molecule has 1 aromatic heterocycles. The molecule has 0 spiro atoms. The first-order valence-corrected chi connectivity index (χ1v) is 8.01. The van der Waals surface area contributed by atoms with E-state index in [1.165, 1.54) is 4.88 Å². The lowest BCUT2D eigenvalue weighted by Crippen LogP contribution is -2.24. The van der Waals surface area contributed by atoms with Gasteiger partial charge < -0.3 is 5.11 Å². The van der Waals surface area contributed by atoms with Gasteiger partial charge in [-0.2, -0.15) is 0 Å². The maximum atomic E-state index is 10.3. The molecule has 2 rings (SSSR count). The van der Waals surface area contributed by atoms with Crippen LogP contribution in [0.4, 0.5) is 0 Å². The Kier molecular flexibility index (Phi) is 5.61. The second-order valence-electron chi connectivity index (χ2n) is 5.00. The van der Waals surface area contributed by atoms with Gasteiger partial charge in [-0.15, -0.1) is 11.3 Å². The van der Waals surface area contributed by atoms with Crippen LogP contribution in [-0.4, -0.2) is 23.6 Å². The molecule has 0 saturated heterocycles. The molecule has 0 aliphatic heterocycles. The monoisotopic (exact) mass is 309 g/mol. The van der Waals surface area contributed by atoms with Gasteiger partial charge in [-0.3, -0.25) is 4.90 Å². The van der Waals surface area contributed by atoms with Crippen LogP contribution in [0.5, 0.6) is 0 Å². The number of hydrogen-bond acceptors (Lipinski definition) is 3. The lowest BCUT2D eigenvalue weighted by Gasteiger charge is -2.25. The zero-order valence-electron chi connectivity index (χ0n) is 11.8. The fourth-order valence-corrected chi connectivity index (χ4v) is 3.28. The lowest BCUT2D eigenvalue weighted by molar-refractivity contribution is 0.139. The van der Waals surface area contributed by atoms with E-state index in [9.17, 15) is 5.11 Å². The molecule has 0 aliphatic carbocycles. The van der Waals surface area contributed by atoms with Gasteiger partial charge in [0.05, 0.1) is 6.10 Å². The fraction of sp³-hybridized carbons (Fsp3) is 0.375. The van der Waals surface area contributed by atoms with Crippen molar-refractivity contribution < 1.29 is 5.11 Å². The first kappa shape index (κ1) is 15.5. The summed E-state index contributed by atoms with van der Waals surface area (Å²) < 4.78 is 0.